The number of aromatic nitrogens is 2. The number of anilines is 1. The van der Waals surface area contributed by atoms with Gasteiger partial charge in [-0.3, -0.25) is 4.79 Å². The van der Waals surface area contributed by atoms with Crippen molar-refractivity contribution < 1.29 is 4.79 Å². The minimum Gasteiger partial charge on any atom is -0.351 e. The van der Waals surface area contributed by atoms with Crippen LogP contribution < -0.4 is 10.2 Å². The minimum absolute atomic E-state index is 0.179. The van der Waals surface area contributed by atoms with E-state index in [1.165, 1.54) is 5.56 Å². The highest BCUT2D eigenvalue weighted by atomic mass is 16.1. The number of hydrogen-bond donors (Lipinski definition) is 1. The molecule has 1 heterocycles. The molecule has 0 radical (unpaired) electrons. The Labute approximate surface area is 156 Å². The minimum atomic E-state index is -0.179. The van der Waals surface area contributed by atoms with E-state index in [1.807, 2.05) is 38.4 Å². The first-order valence-electron chi connectivity index (χ1n) is 9.04. The number of carbonyl (C=O) groups excluding carboxylic acids is 1. The summed E-state index contributed by atoms with van der Waals surface area (Å²) in [5, 5.41) is 11.3. The molecule has 1 aromatic heterocycles. The first-order valence-corrected chi connectivity index (χ1v) is 9.04. The van der Waals surface area contributed by atoms with Crippen molar-refractivity contribution in [3.8, 4) is 0 Å². The fourth-order valence-electron chi connectivity index (χ4n) is 2.60. The number of rotatable bonds is 9. The van der Waals surface area contributed by atoms with E-state index >= 15 is 0 Å². The SMILES string of the molecule is CC(C)N(Cc1ccccc1)c1ccc(C(=O)NCCCN(C)C)nn1. The van der Waals surface area contributed by atoms with Crippen molar-refractivity contribution in [3.05, 3.63) is 53.7 Å². The number of amides is 1. The van der Waals surface area contributed by atoms with E-state index in [2.05, 4.69) is 51.3 Å². The van der Waals surface area contributed by atoms with Gasteiger partial charge in [0.25, 0.3) is 5.91 Å². The number of nitrogens with zero attached hydrogens (tertiary/aromatic N) is 4. The fraction of sp³-hybridized carbons (Fsp3) is 0.450. The van der Waals surface area contributed by atoms with E-state index in [4.69, 9.17) is 0 Å². The Morgan fingerprint density at radius 3 is 2.38 bits per heavy atom. The van der Waals surface area contributed by atoms with Gasteiger partial charge in [-0.2, -0.15) is 0 Å². The number of carbonyl (C=O) groups is 1. The third-order valence-electron chi connectivity index (χ3n) is 4.06. The highest BCUT2D eigenvalue weighted by Gasteiger charge is 2.15. The van der Waals surface area contributed by atoms with Crippen molar-refractivity contribution in [2.24, 2.45) is 0 Å². The average molecular weight is 355 g/mol. The molecule has 1 N–H and O–H groups in total. The maximum atomic E-state index is 12.2. The van der Waals surface area contributed by atoms with Crippen LogP contribution in [0.4, 0.5) is 5.82 Å². The molecule has 140 valence electrons. The van der Waals surface area contributed by atoms with Gasteiger partial charge in [0.15, 0.2) is 11.5 Å². The standard InChI is InChI=1S/C20H29N5O/c1-16(2)25(15-17-9-6-5-7-10-17)19-12-11-18(22-23-19)20(26)21-13-8-14-24(3)4/h5-7,9-12,16H,8,13-15H2,1-4H3,(H,21,26). The molecular weight excluding hydrogens is 326 g/mol. The van der Waals surface area contributed by atoms with Gasteiger partial charge in [0.2, 0.25) is 0 Å². The van der Waals surface area contributed by atoms with Crippen LogP contribution >= 0.6 is 0 Å². The largest absolute Gasteiger partial charge is 0.351 e. The number of hydrogen-bond acceptors (Lipinski definition) is 5. The summed E-state index contributed by atoms with van der Waals surface area (Å²) in [4.78, 5) is 16.4. The Morgan fingerprint density at radius 1 is 1.08 bits per heavy atom. The summed E-state index contributed by atoms with van der Waals surface area (Å²) >= 11 is 0. The van der Waals surface area contributed by atoms with Gasteiger partial charge < -0.3 is 15.1 Å². The van der Waals surface area contributed by atoms with Gasteiger partial charge >= 0.3 is 0 Å². The molecular formula is C20H29N5O. The van der Waals surface area contributed by atoms with Crippen molar-refractivity contribution in [2.45, 2.75) is 32.9 Å². The molecule has 1 amide bonds. The molecule has 0 aliphatic carbocycles. The molecule has 1 aromatic carbocycles. The van der Waals surface area contributed by atoms with Crippen molar-refractivity contribution in [3.63, 3.8) is 0 Å². The maximum absolute atomic E-state index is 12.2. The molecule has 0 atom stereocenters. The molecule has 2 aromatic rings. The number of benzene rings is 1. The summed E-state index contributed by atoms with van der Waals surface area (Å²) in [5.74, 6) is 0.593. The molecule has 0 saturated heterocycles. The zero-order valence-electron chi connectivity index (χ0n) is 16.1. The zero-order chi connectivity index (χ0) is 18.9. The van der Waals surface area contributed by atoms with E-state index < -0.39 is 0 Å². The lowest BCUT2D eigenvalue weighted by molar-refractivity contribution is 0.0946. The Hall–Kier alpha value is -2.47. The first-order chi connectivity index (χ1) is 12.5. The van der Waals surface area contributed by atoms with Gasteiger partial charge in [-0.15, -0.1) is 10.2 Å². The summed E-state index contributed by atoms with van der Waals surface area (Å²) in [6, 6.07) is 14.1. The monoisotopic (exact) mass is 355 g/mol. The van der Waals surface area contributed by atoms with E-state index in [-0.39, 0.29) is 11.9 Å². The first kappa shape index (κ1) is 19.8. The van der Waals surface area contributed by atoms with Crippen LogP contribution in [0.5, 0.6) is 0 Å². The summed E-state index contributed by atoms with van der Waals surface area (Å²) < 4.78 is 0. The van der Waals surface area contributed by atoms with Crippen LogP contribution in [0.2, 0.25) is 0 Å². The summed E-state index contributed by atoms with van der Waals surface area (Å²) in [5.41, 5.74) is 1.56. The molecule has 26 heavy (non-hydrogen) atoms. The number of nitrogens with one attached hydrogen (secondary N) is 1. The molecule has 6 heteroatoms. The highest BCUT2D eigenvalue weighted by Crippen LogP contribution is 2.17. The lowest BCUT2D eigenvalue weighted by atomic mass is 10.2. The second-order valence-electron chi connectivity index (χ2n) is 6.90. The van der Waals surface area contributed by atoms with E-state index in [1.54, 1.807) is 6.07 Å². The smallest absolute Gasteiger partial charge is 0.271 e. The molecule has 2 rings (SSSR count). The van der Waals surface area contributed by atoms with Crippen molar-refractivity contribution in [2.75, 3.05) is 32.1 Å². The van der Waals surface area contributed by atoms with Gasteiger partial charge in [0, 0.05) is 19.1 Å². The quantitative estimate of drug-likeness (QED) is 0.701. The van der Waals surface area contributed by atoms with Crippen LogP contribution in [-0.4, -0.2) is 54.2 Å². The molecule has 0 aliphatic heterocycles. The Balaban J connectivity index is 1.98. The Morgan fingerprint density at radius 2 is 1.81 bits per heavy atom. The molecule has 0 aliphatic rings. The fourth-order valence-corrected chi connectivity index (χ4v) is 2.60. The van der Waals surface area contributed by atoms with Crippen molar-refractivity contribution in [1.82, 2.24) is 20.4 Å². The van der Waals surface area contributed by atoms with Gasteiger partial charge in [-0.25, -0.2) is 0 Å². The van der Waals surface area contributed by atoms with Crippen molar-refractivity contribution in [1.29, 1.82) is 0 Å². The molecule has 0 spiro atoms. The van der Waals surface area contributed by atoms with Gasteiger partial charge in [0.1, 0.15) is 0 Å². The van der Waals surface area contributed by atoms with Gasteiger partial charge in [-0.05, 0) is 58.6 Å². The van der Waals surface area contributed by atoms with Crippen LogP contribution in [0.1, 0.15) is 36.3 Å². The Kier molecular flexibility index (Phi) is 7.53. The highest BCUT2D eigenvalue weighted by molar-refractivity contribution is 5.92. The molecule has 6 nitrogen and oxygen atoms in total. The molecule has 0 fully saturated rings. The van der Waals surface area contributed by atoms with Gasteiger partial charge in [0.05, 0.1) is 0 Å². The predicted molar refractivity (Wildman–Crippen MR) is 105 cm³/mol. The van der Waals surface area contributed by atoms with E-state index in [0.29, 0.717) is 12.2 Å². The predicted octanol–water partition coefficient (Wildman–Crippen LogP) is 2.57. The molecule has 0 bridgehead atoms. The van der Waals surface area contributed by atoms with Gasteiger partial charge in [-0.1, -0.05) is 30.3 Å². The van der Waals surface area contributed by atoms with Crippen LogP contribution in [0.25, 0.3) is 0 Å². The maximum Gasteiger partial charge on any atom is 0.271 e. The normalized spacial score (nSPS) is 11.0. The zero-order valence-corrected chi connectivity index (χ0v) is 16.1. The molecule has 0 saturated carbocycles. The lowest BCUT2D eigenvalue weighted by Crippen LogP contribution is -2.32. The average Bonchev–Trinajstić information content (AvgIpc) is 2.64. The van der Waals surface area contributed by atoms with E-state index in [9.17, 15) is 4.79 Å². The van der Waals surface area contributed by atoms with Crippen LogP contribution in [0.3, 0.4) is 0 Å². The topological polar surface area (TPSA) is 61.4 Å². The van der Waals surface area contributed by atoms with Crippen LogP contribution in [-0.2, 0) is 6.54 Å². The van der Waals surface area contributed by atoms with E-state index in [0.717, 1.165) is 25.3 Å². The summed E-state index contributed by atoms with van der Waals surface area (Å²) in [6.07, 6.45) is 0.905. The second kappa shape index (κ2) is 9.87. The summed E-state index contributed by atoms with van der Waals surface area (Å²) in [7, 11) is 4.03. The van der Waals surface area contributed by atoms with Crippen LogP contribution in [0.15, 0.2) is 42.5 Å². The summed E-state index contributed by atoms with van der Waals surface area (Å²) in [6.45, 7) is 6.57. The second-order valence-corrected chi connectivity index (χ2v) is 6.90. The third-order valence-corrected chi connectivity index (χ3v) is 4.06. The molecule has 0 unspecified atom stereocenters. The van der Waals surface area contributed by atoms with Crippen LogP contribution in [0, 0.1) is 0 Å². The third kappa shape index (κ3) is 6.11. The van der Waals surface area contributed by atoms with Crippen molar-refractivity contribution >= 4 is 11.7 Å². The lowest BCUT2D eigenvalue weighted by Gasteiger charge is -2.27. The Bertz CT molecular complexity index is 670.